The number of sulfonamides is 1. The summed E-state index contributed by atoms with van der Waals surface area (Å²) >= 11 is 9.28. The zero-order chi connectivity index (χ0) is 13.3. The number of hydrogen-bond acceptors (Lipinski definition) is 3. The predicted molar refractivity (Wildman–Crippen MR) is 82.4 cm³/mol. The van der Waals surface area contributed by atoms with Crippen molar-refractivity contribution in [3.8, 4) is 0 Å². The van der Waals surface area contributed by atoms with E-state index in [2.05, 4.69) is 15.9 Å². The maximum atomic E-state index is 12.5. The van der Waals surface area contributed by atoms with E-state index >= 15 is 0 Å². The number of hydrogen-bond donors (Lipinski definition) is 1. The molecule has 1 saturated heterocycles. The van der Waals surface area contributed by atoms with E-state index in [4.69, 9.17) is 17.3 Å². The molecule has 0 saturated carbocycles. The Kier molecular flexibility index (Phi) is 6.10. The Balaban J connectivity index is 0.00000180. The van der Waals surface area contributed by atoms with Crippen molar-refractivity contribution in [3.63, 3.8) is 0 Å². The first-order valence-corrected chi connectivity index (χ1v) is 8.24. The third-order valence-corrected chi connectivity index (χ3v) is 6.27. The molecular weight excluding hydrogens is 375 g/mol. The van der Waals surface area contributed by atoms with Gasteiger partial charge in [0.1, 0.15) is 4.90 Å². The minimum absolute atomic E-state index is 0. The molecule has 1 atom stereocenters. The smallest absolute Gasteiger partial charge is 0.244 e. The highest BCUT2D eigenvalue weighted by Crippen LogP contribution is 2.31. The molecule has 0 unspecified atom stereocenters. The van der Waals surface area contributed by atoms with Crippen molar-refractivity contribution < 1.29 is 8.42 Å². The van der Waals surface area contributed by atoms with Gasteiger partial charge in [-0.2, -0.15) is 4.31 Å². The number of nitrogens with two attached hydrogens (primary N) is 1. The van der Waals surface area contributed by atoms with Gasteiger partial charge in [0.25, 0.3) is 0 Å². The molecule has 8 heteroatoms. The first kappa shape index (κ1) is 17.2. The predicted octanol–water partition coefficient (Wildman–Crippen LogP) is 2.64. The van der Waals surface area contributed by atoms with Crippen molar-refractivity contribution in [2.45, 2.75) is 23.8 Å². The first-order valence-electron chi connectivity index (χ1n) is 5.62. The Morgan fingerprint density at radius 2 is 2.11 bits per heavy atom. The van der Waals surface area contributed by atoms with Crippen LogP contribution in [0, 0.1) is 0 Å². The van der Waals surface area contributed by atoms with Gasteiger partial charge in [0, 0.05) is 23.6 Å². The molecule has 0 amide bonds. The Bertz CT molecular complexity index is 554. The van der Waals surface area contributed by atoms with Crippen LogP contribution in [0.25, 0.3) is 0 Å². The van der Waals surface area contributed by atoms with E-state index in [1.807, 2.05) is 0 Å². The van der Waals surface area contributed by atoms with Gasteiger partial charge in [-0.25, -0.2) is 8.42 Å². The Morgan fingerprint density at radius 1 is 1.42 bits per heavy atom. The van der Waals surface area contributed by atoms with Gasteiger partial charge in [-0.05, 0) is 40.9 Å². The van der Waals surface area contributed by atoms with Crippen LogP contribution in [0.3, 0.4) is 0 Å². The van der Waals surface area contributed by atoms with Gasteiger partial charge in [-0.15, -0.1) is 12.4 Å². The lowest BCUT2D eigenvalue weighted by atomic mass is 10.1. The Morgan fingerprint density at radius 3 is 2.74 bits per heavy atom. The molecule has 0 radical (unpaired) electrons. The summed E-state index contributed by atoms with van der Waals surface area (Å²) in [5, 5.41) is 0.219. The average molecular weight is 390 g/mol. The third-order valence-electron chi connectivity index (χ3n) is 2.95. The van der Waals surface area contributed by atoms with Crippen molar-refractivity contribution in [3.05, 3.63) is 27.7 Å². The molecule has 0 spiro atoms. The topological polar surface area (TPSA) is 63.4 Å². The lowest BCUT2D eigenvalue weighted by molar-refractivity contribution is 0.316. The summed E-state index contributed by atoms with van der Waals surface area (Å²) < 4.78 is 26.9. The lowest BCUT2D eigenvalue weighted by Gasteiger charge is -2.30. The van der Waals surface area contributed by atoms with Crippen LogP contribution >= 0.6 is 39.9 Å². The largest absolute Gasteiger partial charge is 0.327 e. The molecule has 1 heterocycles. The summed E-state index contributed by atoms with van der Waals surface area (Å²) in [4.78, 5) is 0.132. The monoisotopic (exact) mass is 388 g/mol. The second-order valence-corrected chi connectivity index (χ2v) is 7.46. The van der Waals surface area contributed by atoms with Crippen LogP contribution < -0.4 is 5.73 Å². The first-order chi connectivity index (χ1) is 8.43. The minimum atomic E-state index is -3.56. The molecule has 2 rings (SSSR count). The summed E-state index contributed by atoms with van der Waals surface area (Å²) in [6.45, 7) is 0.851. The number of rotatable bonds is 2. The zero-order valence-corrected chi connectivity index (χ0v) is 14.0. The van der Waals surface area contributed by atoms with Gasteiger partial charge in [-0.1, -0.05) is 17.7 Å². The van der Waals surface area contributed by atoms with Crippen molar-refractivity contribution in [1.29, 1.82) is 0 Å². The highest BCUT2D eigenvalue weighted by atomic mass is 79.9. The molecule has 0 aromatic heterocycles. The molecule has 2 N–H and O–H groups in total. The fourth-order valence-electron chi connectivity index (χ4n) is 2.01. The van der Waals surface area contributed by atoms with E-state index in [0.29, 0.717) is 17.6 Å². The Labute approximate surface area is 132 Å². The maximum absolute atomic E-state index is 12.5. The van der Waals surface area contributed by atoms with Crippen molar-refractivity contribution >= 4 is 50.0 Å². The molecule has 1 aromatic carbocycles. The van der Waals surface area contributed by atoms with E-state index in [-0.39, 0.29) is 28.4 Å². The van der Waals surface area contributed by atoms with Gasteiger partial charge in [-0.3, -0.25) is 0 Å². The lowest BCUT2D eigenvalue weighted by Crippen LogP contribution is -2.45. The van der Waals surface area contributed by atoms with Crippen LogP contribution in [0.4, 0.5) is 0 Å². The number of nitrogens with zero attached hydrogens (tertiary/aromatic N) is 1. The van der Waals surface area contributed by atoms with Crippen molar-refractivity contribution in [2.75, 3.05) is 13.1 Å². The highest BCUT2D eigenvalue weighted by Gasteiger charge is 2.30. The van der Waals surface area contributed by atoms with E-state index in [0.717, 1.165) is 12.8 Å². The normalized spacial score (nSPS) is 20.9. The standard InChI is InChI=1S/C11H14BrClN2O2S.ClH/c12-9-4-1-5-10(11(9)13)18(16,17)15-6-2-3-8(14)7-15;/h1,4-5,8H,2-3,6-7,14H2;1H/t8-;/m1./s1. The summed E-state index contributed by atoms with van der Waals surface area (Å²) in [6, 6.07) is 4.79. The highest BCUT2D eigenvalue weighted by molar-refractivity contribution is 9.10. The van der Waals surface area contributed by atoms with Gasteiger partial charge in [0.2, 0.25) is 10.0 Å². The second-order valence-electron chi connectivity index (χ2n) is 4.32. The van der Waals surface area contributed by atoms with Gasteiger partial charge < -0.3 is 5.73 Å². The van der Waals surface area contributed by atoms with E-state index in [9.17, 15) is 8.42 Å². The fraction of sp³-hybridized carbons (Fsp3) is 0.455. The third kappa shape index (κ3) is 3.62. The number of benzene rings is 1. The van der Waals surface area contributed by atoms with Crippen LogP contribution in [-0.2, 0) is 10.0 Å². The van der Waals surface area contributed by atoms with Crippen LogP contribution in [0.5, 0.6) is 0 Å². The van der Waals surface area contributed by atoms with Crippen molar-refractivity contribution in [2.24, 2.45) is 5.73 Å². The summed E-state index contributed by atoms with van der Waals surface area (Å²) in [7, 11) is -3.56. The maximum Gasteiger partial charge on any atom is 0.244 e. The molecule has 108 valence electrons. The molecule has 1 aliphatic rings. The van der Waals surface area contributed by atoms with E-state index < -0.39 is 10.0 Å². The van der Waals surface area contributed by atoms with Gasteiger partial charge in [0.05, 0.1) is 5.02 Å². The van der Waals surface area contributed by atoms with E-state index in [1.54, 1.807) is 12.1 Å². The zero-order valence-electron chi connectivity index (χ0n) is 10.1. The van der Waals surface area contributed by atoms with Crippen LogP contribution in [0.2, 0.25) is 5.02 Å². The second kappa shape index (κ2) is 6.74. The van der Waals surface area contributed by atoms with Crippen LogP contribution in [0.1, 0.15) is 12.8 Å². The van der Waals surface area contributed by atoms with E-state index in [1.165, 1.54) is 10.4 Å². The number of piperidine rings is 1. The molecule has 1 fully saturated rings. The summed E-state index contributed by atoms with van der Waals surface area (Å²) in [5.74, 6) is 0. The quantitative estimate of drug-likeness (QED) is 0.845. The molecule has 19 heavy (non-hydrogen) atoms. The van der Waals surface area contributed by atoms with Gasteiger partial charge in [0.15, 0.2) is 0 Å². The molecule has 4 nitrogen and oxygen atoms in total. The Hall–Kier alpha value is 0.150. The molecular formula is C11H15BrCl2N2O2S. The van der Waals surface area contributed by atoms with Crippen LogP contribution in [-0.4, -0.2) is 31.9 Å². The molecule has 0 bridgehead atoms. The summed E-state index contributed by atoms with van der Waals surface area (Å²) in [5.41, 5.74) is 5.82. The molecule has 1 aliphatic heterocycles. The van der Waals surface area contributed by atoms with Crippen molar-refractivity contribution in [1.82, 2.24) is 4.31 Å². The number of halogens is 3. The fourth-order valence-corrected chi connectivity index (χ4v) is 4.55. The molecule has 1 aromatic rings. The SMILES string of the molecule is Cl.N[C@@H]1CCCN(S(=O)(=O)c2cccc(Br)c2Cl)C1. The molecule has 0 aliphatic carbocycles. The van der Waals surface area contributed by atoms with Crippen LogP contribution in [0.15, 0.2) is 27.6 Å². The van der Waals surface area contributed by atoms with Gasteiger partial charge >= 0.3 is 0 Å². The average Bonchev–Trinajstić information content (AvgIpc) is 2.32. The minimum Gasteiger partial charge on any atom is -0.327 e. The summed E-state index contributed by atoms with van der Waals surface area (Å²) in [6.07, 6.45) is 1.64.